The number of aliphatic hydroxyl groups excluding tert-OH is 1. The zero-order chi connectivity index (χ0) is 13.2. The normalized spacial score (nSPS) is 17.9. The maximum atomic E-state index is 12.1. The van der Waals surface area contributed by atoms with E-state index in [2.05, 4.69) is 15.5 Å². The standard InChI is InChI=1S/C12H20N4O2/c1-2-8-9(13)10(16-15-8)11(18)14-12(7-17)5-3-4-6-12/h17H,2-7,13H2,1H3,(H,14,18)(H,15,16). The molecule has 1 aliphatic carbocycles. The number of nitrogens with zero attached hydrogens (tertiary/aromatic N) is 1. The smallest absolute Gasteiger partial charge is 0.274 e. The summed E-state index contributed by atoms with van der Waals surface area (Å²) in [7, 11) is 0. The molecule has 1 aromatic rings. The molecule has 100 valence electrons. The van der Waals surface area contributed by atoms with E-state index in [0.29, 0.717) is 12.1 Å². The van der Waals surface area contributed by atoms with E-state index >= 15 is 0 Å². The fraction of sp³-hybridized carbons (Fsp3) is 0.667. The molecule has 5 N–H and O–H groups in total. The zero-order valence-corrected chi connectivity index (χ0v) is 10.6. The summed E-state index contributed by atoms with van der Waals surface area (Å²) in [6, 6.07) is 0. The second kappa shape index (κ2) is 4.97. The number of anilines is 1. The maximum Gasteiger partial charge on any atom is 0.274 e. The number of aliphatic hydroxyl groups is 1. The molecule has 2 rings (SSSR count). The van der Waals surface area contributed by atoms with Crippen LogP contribution in [0, 0.1) is 0 Å². The van der Waals surface area contributed by atoms with Crippen LogP contribution < -0.4 is 11.1 Å². The van der Waals surface area contributed by atoms with Gasteiger partial charge in [-0.15, -0.1) is 0 Å². The monoisotopic (exact) mass is 252 g/mol. The third kappa shape index (κ3) is 2.20. The number of carbonyl (C=O) groups excluding carboxylic acids is 1. The van der Waals surface area contributed by atoms with E-state index in [0.717, 1.165) is 31.4 Å². The molecule has 1 aliphatic rings. The molecule has 1 fully saturated rings. The fourth-order valence-electron chi connectivity index (χ4n) is 2.50. The summed E-state index contributed by atoms with van der Waals surface area (Å²) in [6.07, 6.45) is 4.37. The lowest BCUT2D eigenvalue weighted by molar-refractivity contribution is 0.0834. The first-order valence-corrected chi connectivity index (χ1v) is 6.38. The number of carbonyl (C=O) groups is 1. The first-order valence-electron chi connectivity index (χ1n) is 6.38. The number of nitrogen functional groups attached to an aromatic ring is 1. The highest BCUT2D eigenvalue weighted by molar-refractivity contribution is 5.98. The third-order valence-electron chi connectivity index (χ3n) is 3.69. The van der Waals surface area contributed by atoms with Crippen molar-refractivity contribution in [2.75, 3.05) is 12.3 Å². The molecule has 0 bridgehead atoms. The van der Waals surface area contributed by atoms with Gasteiger partial charge in [-0.2, -0.15) is 5.10 Å². The molecule has 0 aliphatic heterocycles. The van der Waals surface area contributed by atoms with Gasteiger partial charge in [-0.05, 0) is 19.3 Å². The number of H-pyrrole nitrogens is 1. The van der Waals surface area contributed by atoms with Crippen LogP contribution in [0.15, 0.2) is 0 Å². The number of hydrogen-bond acceptors (Lipinski definition) is 4. The molecule has 0 aromatic carbocycles. The second-order valence-electron chi connectivity index (χ2n) is 4.92. The SMILES string of the molecule is CCc1[nH]nc(C(=O)NC2(CO)CCCC2)c1N. The molecule has 6 nitrogen and oxygen atoms in total. The average molecular weight is 252 g/mol. The molecule has 1 amide bonds. The predicted octanol–water partition coefficient (Wildman–Crippen LogP) is 0.589. The van der Waals surface area contributed by atoms with Crippen LogP contribution in [0.1, 0.15) is 48.8 Å². The van der Waals surface area contributed by atoms with Crippen LogP contribution >= 0.6 is 0 Å². The first kappa shape index (κ1) is 12.9. The summed E-state index contributed by atoms with van der Waals surface area (Å²) in [4.78, 5) is 12.1. The van der Waals surface area contributed by atoms with Crippen molar-refractivity contribution in [1.82, 2.24) is 15.5 Å². The number of aryl methyl sites for hydroxylation is 1. The molecule has 6 heteroatoms. The van der Waals surface area contributed by atoms with E-state index in [1.54, 1.807) is 0 Å². The summed E-state index contributed by atoms with van der Waals surface area (Å²) in [5.41, 5.74) is 6.77. The number of aromatic nitrogens is 2. The van der Waals surface area contributed by atoms with Crippen molar-refractivity contribution < 1.29 is 9.90 Å². The lowest BCUT2D eigenvalue weighted by Gasteiger charge is -2.27. The van der Waals surface area contributed by atoms with Gasteiger partial charge in [-0.25, -0.2) is 0 Å². The summed E-state index contributed by atoms with van der Waals surface area (Å²) in [5.74, 6) is -0.306. The highest BCUT2D eigenvalue weighted by Gasteiger charge is 2.35. The van der Waals surface area contributed by atoms with Crippen molar-refractivity contribution >= 4 is 11.6 Å². The van der Waals surface area contributed by atoms with E-state index in [-0.39, 0.29) is 18.2 Å². The van der Waals surface area contributed by atoms with Gasteiger partial charge in [0.05, 0.1) is 23.5 Å². The Morgan fingerprint density at radius 2 is 2.22 bits per heavy atom. The minimum atomic E-state index is -0.491. The molecule has 0 atom stereocenters. The minimum Gasteiger partial charge on any atom is -0.395 e. The predicted molar refractivity (Wildman–Crippen MR) is 68.1 cm³/mol. The number of nitrogens with one attached hydrogen (secondary N) is 2. The summed E-state index contributed by atoms with van der Waals surface area (Å²) >= 11 is 0. The van der Waals surface area contributed by atoms with Gasteiger partial charge in [0, 0.05) is 0 Å². The van der Waals surface area contributed by atoms with Crippen LogP contribution in [0.5, 0.6) is 0 Å². The Balaban J connectivity index is 2.14. The first-order chi connectivity index (χ1) is 8.62. The molecule has 1 aromatic heterocycles. The van der Waals surface area contributed by atoms with Crippen molar-refractivity contribution in [2.24, 2.45) is 0 Å². The molecule has 1 saturated carbocycles. The molecule has 0 saturated heterocycles. The highest BCUT2D eigenvalue weighted by Crippen LogP contribution is 2.29. The van der Waals surface area contributed by atoms with E-state index in [9.17, 15) is 9.90 Å². The third-order valence-corrected chi connectivity index (χ3v) is 3.69. The van der Waals surface area contributed by atoms with Crippen LogP contribution in [0.4, 0.5) is 5.69 Å². The van der Waals surface area contributed by atoms with Gasteiger partial charge >= 0.3 is 0 Å². The van der Waals surface area contributed by atoms with Crippen LogP contribution in [0.3, 0.4) is 0 Å². The minimum absolute atomic E-state index is 0.0380. The van der Waals surface area contributed by atoms with E-state index in [4.69, 9.17) is 5.73 Å². The van der Waals surface area contributed by atoms with Gasteiger partial charge < -0.3 is 16.2 Å². The summed E-state index contributed by atoms with van der Waals surface area (Å²) in [6.45, 7) is 1.90. The van der Waals surface area contributed by atoms with Gasteiger partial charge in [0.1, 0.15) is 0 Å². The van der Waals surface area contributed by atoms with E-state index in [1.165, 1.54) is 0 Å². The Bertz CT molecular complexity index is 435. The average Bonchev–Trinajstić information content (AvgIpc) is 2.96. The number of rotatable bonds is 4. The van der Waals surface area contributed by atoms with Gasteiger partial charge in [0.25, 0.3) is 5.91 Å². The number of amides is 1. The Morgan fingerprint density at radius 1 is 1.56 bits per heavy atom. The van der Waals surface area contributed by atoms with Crippen molar-refractivity contribution in [3.05, 3.63) is 11.4 Å². The van der Waals surface area contributed by atoms with Gasteiger partial charge in [0.15, 0.2) is 5.69 Å². The quantitative estimate of drug-likeness (QED) is 0.629. The van der Waals surface area contributed by atoms with Crippen molar-refractivity contribution in [2.45, 2.75) is 44.6 Å². The molecule has 0 radical (unpaired) electrons. The zero-order valence-electron chi connectivity index (χ0n) is 10.6. The van der Waals surface area contributed by atoms with E-state index < -0.39 is 5.54 Å². The summed E-state index contributed by atoms with van der Waals surface area (Å²) < 4.78 is 0. The van der Waals surface area contributed by atoms with Gasteiger partial charge in [-0.3, -0.25) is 9.89 Å². The number of aromatic amines is 1. The Hall–Kier alpha value is -1.56. The Kier molecular flexibility index (Phi) is 3.56. The second-order valence-corrected chi connectivity index (χ2v) is 4.92. The lowest BCUT2D eigenvalue weighted by atomic mass is 9.98. The van der Waals surface area contributed by atoms with Gasteiger partial charge in [-0.1, -0.05) is 19.8 Å². The van der Waals surface area contributed by atoms with Gasteiger partial charge in [0.2, 0.25) is 0 Å². The Labute approximate surface area is 106 Å². The molecular formula is C12H20N4O2. The molecular weight excluding hydrogens is 232 g/mol. The van der Waals surface area contributed by atoms with Crippen LogP contribution in [-0.4, -0.2) is 33.4 Å². The fourth-order valence-corrected chi connectivity index (χ4v) is 2.50. The summed E-state index contributed by atoms with van der Waals surface area (Å²) in [5, 5.41) is 19.1. The topological polar surface area (TPSA) is 104 Å². The van der Waals surface area contributed by atoms with Crippen LogP contribution in [0.25, 0.3) is 0 Å². The highest BCUT2D eigenvalue weighted by atomic mass is 16.3. The maximum absolute atomic E-state index is 12.1. The van der Waals surface area contributed by atoms with Crippen LogP contribution in [-0.2, 0) is 6.42 Å². The Morgan fingerprint density at radius 3 is 2.72 bits per heavy atom. The number of nitrogens with two attached hydrogens (primary N) is 1. The van der Waals surface area contributed by atoms with E-state index in [1.807, 2.05) is 6.92 Å². The molecule has 1 heterocycles. The lowest BCUT2D eigenvalue weighted by Crippen LogP contribution is -2.49. The van der Waals surface area contributed by atoms with Crippen LogP contribution in [0.2, 0.25) is 0 Å². The van der Waals surface area contributed by atoms with Crippen molar-refractivity contribution in [3.8, 4) is 0 Å². The molecule has 18 heavy (non-hydrogen) atoms. The van der Waals surface area contributed by atoms with Crippen molar-refractivity contribution in [3.63, 3.8) is 0 Å². The van der Waals surface area contributed by atoms with Crippen molar-refractivity contribution in [1.29, 1.82) is 0 Å². The largest absolute Gasteiger partial charge is 0.395 e. The molecule has 0 spiro atoms. The molecule has 0 unspecified atom stereocenters. The number of hydrogen-bond donors (Lipinski definition) is 4.